The lowest BCUT2D eigenvalue weighted by Gasteiger charge is -2.27. The van der Waals surface area contributed by atoms with E-state index >= 15 is 0 Å². The SMILES string of the molecule is CCSCC(O)COc1ccc(C(C)(C)c2ccc(OC[C@@H](O)CCl)c(Cl)c2)cc1Cl. The van der Waals surface area contributed by atoms with Crippen LogP contribution in [0.25, 0.3) is 0 Å². The first kappa shape index (κ1) is 26.4. The molecule has 0 saturated carbocycles. The second kappa shape index (κ2) is 12.4. The largest absolute Gasteiger partial charge is 0.489 e. The van der Waals surface area contributed by atoms with Gasteiger partial charge in [-0.25, -0.2) is 0 Å². The first-order chi connectivity index (χ1) is 14.7. The highest BCUT2D eigenvalue weighted by molar-refractivity contribution is 7.99. The molecule has 0 bridgehead atoms. The zero-order valence-electron chi connectivity index (χ0n) is 17.9. The van der Waals surface area contributed by atoms with Crippen LogP contribution in [0.4, 0.5) is 0 Å². The van der Waals surface area contributed by atoms with Gasteiger partial charge in [0.1, 0.15) is 30.8 Å². The van der Waals surface area contributed by atoms with Crippen LogP contribution in [-0.2, 0) is 5.41 Å². The number of hydrogen-bond donors (Lipinski definition) is 2. The highest BCUT2D eigenvalue weighted by atomic mass is 35.5. The molecule has 2 atom stereocenters. The van der Waals surface area contributed by atoms with E-state index in [0.717, 1.165) is 16.9 Å². The van der Waals surface area contributed by atoms with E-state index in [2.05, 4.69) is 20.8 Å². The van der Waals surface area contributed by atoms with E-state index < -0.39 is 12.2 Å². The van der Waals surface area contributed by atoms with Crippen LogP contribution in [0.15, 0.2) is 36.4 Å². The van der Waals surface area contributed by atoms with Crippen molar-refractivity contribution in [1.82, 2.24) is 0 Å². The summed E-state index contributed by atoms with van der Waals surface area (Å²) in [6.45, 7) is 6.48. The van der Waals surface area contributed by atoms with Gasteiger partial charge in [0.15, 0.2) is 0 Å². The molecule has 0 aliphatic heterocycles. The number of rotatable bonds is 12. The average Bonchev–Trinajstić information content (AvgIpc) is 2.75. The van der Waals surface area contributed by atoms with Gasteiger partial charge in [0.05, 0.1) is 22.0 Å². The molecule has 0 aromatic heterocycles. The fourth-order valence-electron chi connectivity index (χ4n) is 2.90. The molecule has 0 saturated heterocycles. The van der Waals surface area contributed by atoms with E-state index in [1.54, 1.807) is 17.8 Å². The molecular weight excluding hydrogens is 479 g/mol. The Kier molecular flexibility index (Phi) is 10.6. The van der Waals surface area contributed by atoms with Crippen LogP contribution in [-0.4, -0.2) is 53.0 Å². The maximum atomic E-state index is 9.96. The Bertz CT molecular complexity index is 848. The topological polar surface area (TPSA) is 58.9 Å². The van der Waals surface area contributed by atoms with Gasteiger partial charge in [0.2, 0.25) is 0 Å². The third-order valence-corrected chi connectivity index (χ3v) is 6.84. The molecule has 0 radical (unpaired) electrons. The second-order valence-electron chi connectivity index (χ2n) is 7.66. The number of ether oxygens (including phenoxy) is 2. The summed E-state index contributed by atoms with van der Waals surface area (Å²) in [7, 11) is 0. The number of halogens is 3. The molecule has 0 fully saturated rings. The van der Waals surface area contributed by atoms with Crippen molar-refractivity contribution in [3.8, 4) is 11.5 Å². The Morgan fingerprint density at radius 3 is 1.81 bits per heavy atom. The number of alkyl halides is 1. The molecule has 2 aromatic rings. The molecule has 1 unspecified atom stereocenters. The average molecular weight is 508 g/mol. The molecule has 172 valence electrons. The summed E-state index contributed by atoms with van der Waals surface area (Å²) >= 11 is 20.1. The van der Waals surface area contributed by atoms with Crippen molar-refractivity contribution < 1.29 is 19.7 Å². The van der Waals surface area contributed by atoms with E-state index in [4.69, 9.17) is 44.3 Å². The lowest BCUT2D eigenvalue weighted by atomic mass is 9.78. The van der Waals surface area contributed by atoms with Gasteiger partial charge in [-0.05, 0) is 41.1 Å². The fraction of sp³-hybridized carbons (Fsp3) is 0.478. The molecular formula is C23H29Cl3O4S. The van der Waals surface area contributed by atoms with Gasteiger partial charge in [0.25, 0.3) is 0 Å². The highest BCUT2D eigenvalue weighted by Crippen LogP contribution is 2.38. The van der Waals surface area contributed by atoms with Crippen LogP contribution < -0.4 is 9.47 Å². The van der Waals surface area contributed by atoms with Gasteiger partial charge in [-0.2, -0.15) is 11.8 Å². The van der Waals surface area contributed by atoms with Crippen molar-refractivity contribution in [2.75, 3.05) is 30.6 Å². The predicted molar refractivity (Wildman–Crippen MR) is 132 cm³/mol. The van der Waals surface area contributed by atoms with Crippen molar-refractivity contribution in [1.29, 1.82) is 0 Å². The van der Waals surface area contributed by atoms with Crippen LogP contribution in [0.5, 0.6) is 11.5 Å². The normalized spacial score (nSPS) is 13.7. The Balaban J connectivity index is 2.12. The zero-order chi connectivity index (χ0) is 23.0. The van der Waals surface area contributed by atoms with Crippen molar-refractivity contribution >= 4 is 46.6 Å². The van der Waals surface area contributed by atoms with Crippen LogP contribution in [0, 0.1) is 0 Å². The molecule has 0 aliphatic carbocycles. The number of hydrogen-bond acceptors (Lipinski definition) is 5. The third kappa shape index (κ3) is 7.62. The third-order valence-electron chi connectivity index (χ3n) is 4.86. The minimum absolute atomic E-state index is 0.0782. The van der Waals surface area contributed by atoms with Gasteiger partial charge >= 0.3 is 0 Å². The van der Waals surface area contributed by atoms with E-state index in [0.29, 0.717) is 27.3 Å². The summed E-state index contributed by atoms with van der Waals surface area (Å²) < 4.78 is 11.2. The standard InChI is InChI=1S/C23H29Cl3O4S/c1-4-31-14-18(28)13-30-22-8-6-16(10-20(22)26)23(2,3)15-5-7-21(19(25)9-15)29-12-17(27)11-24/h5-10,17-18,27-28H,4,11-14H2,1-3H3/t17-,18?/m0/s1. The lowest BCUT2D eigenvalue weighted by Crippen LogP contribution is -2.21. The molecule has 2 N–H and O–H groups in total. The lowest BCUT2D eigenvalue weighted by molar-refractivity contribution is 0.125. The molecule has 4 nitrogen and oxygen atoms in total. The maximum absolute atomic E-state index is 9.96. The molecule has 2 rings (SSSR count). The quantitative estimate of drug-likeness (QED) is 0.356. The molecule has 2 aromatic carbocycles. The fourth-order valence-corrected chi connectivity index (χ4v) is 4.06. The van der Waals surface area contributed by atoms with Crippen LogP contribution in [0.1, 0.15) is 31.9 Å². The van der Waals surface area contributed by atoms with Crippen LogP contribution in [0.3, 0.4) is 0 Å². The maximum Gasteiger partial charge on any atom is 0.138 e. The zero-order valence-corrected chi connectivity index (χ0v) is 21.0. The molecule has 0 heterocycles. The predicted octanol–water partition coefficient (Wildman–Crippen LogP) is 5.79. The van der Waals surface area contributed by atoms with Gasteiger partial charge in [-0.15, -0.1) is 11.6 Å². The number of benzene rings is 2. The van der Waals surface area contributed by atoms with Crippen molar-refractivity contribution in [3.05, 3.63) is 57.6 Å². The first-order valence-electron chi connectivity index (χ1n) is 10.0. The Morgan fingerprint density at radius 2 is 1.39 bits per heavy atom. The van der Waals surface area contributed by atoms with Gasteiger partial charge in [-0.3, -0.25) is 0 Å². The highest BCUT2D eigenvalue weighted by Gasteiger charge is 2.25. The van der Waals surface area contributed by atoms with E-state index in [-0.39, 0.29) is 24.5 Å². The minimum Gasteiger partial charge on any atom is -0.489 e. The van der Waals surface area contributed by atoms with Gasteiger partial charge in [0, 0.05) is 11.2 Å². The summed E-state index contributed by atoms with van der Waals surface area (Å²) in [5.41, 5.74) is 1.60. The minimum atomic E-state index is -0.747. The smallest absolute Gasteiger partial charge is 0.138 e. The summed E-state index contributed by atoms with van der Waals surface area (Å²) in [5, 5.41) is 20.5. The summed E-state index contributed by atoms with van der Waals surface area (Å²) in [4.78, 5) is 0. The molecule has 0 spiro atoms. The Morgan fingerprint density at radius 1 is 0.903 bits per heavy atom. The summed E-state index contributed by atoms with van der Waals surface area (Å²) in [5.74, 6) is 2.71. The van der Waals surface area contributed by atoms with Gasteiger partial charge in [-0.1, -0.05) is 56.1 Å². The Hall–Kier alpha value is -0.820. The van der Waals surface area contributed by atoms with E-state index in [9.17, 15) is 10.2 Å². The van der Waals surface area contributed by atoms with Gasteiger partial charge < -0.3 is 19.7 Å². The first-order valence-corrected chi connectivity index (χ1v) is 12.5. The van der Waals surface area contributed by atoms with Crippen LogP contribution >= 0.6 is 46.6 Å². The van der Waals surface area contributed by atoms with E-state index in [1.165, 1.54) is 0 Å². The Labute approximate surface area is 203 Å². The number of thioether (sulfide) groups is 1. The van der Waals surface area contributed by atoms with Crippen molar-refractivity contribution in [2.45, 2.75) is 38.4 Å². The summed E-state index contributed by atoms with van der Waals surface area (Å²) in [6, 6.07) is 11.2. The monoisotopic (exact) mass is 506 g/mol. The molecule has 8 heteroatoms. The molecule has 0 amide bonds. The van der Waals surface area contributed by atoms with Crippen molar-refractivity contribution in [2.24, 2.45) is 0 Å². The number of aliphatic hydroxyl groups is 2. The molecule has 31 heavy (non-hydrogen) atoms. The van der Waals surface area contributed by atoms with E-state index in [1.807, 2.05) is 30.3 Å². The second-order valence-corrected chi connectivity index (χ2v) is 10.1. The summed E-state index contributed by atoms with van der Waals surface area (Å²) in [6.07, 6.45) is -1.28. The molecule has 0 aliphatic rings. The van der Waals surface area contributed by atoms with Crippen LogP contribution in [0.2, 0.25) is 10.0 Å². The number of aliphatic hydroxyl groups excluding tert-OH is 2. The van der Waals surface area contributed by atoms with Crippen molar-refractivity contribution in [3.63, 3.8) is 0 Å².